The molecule has 7 rings (SSSR count). The van der Waals surface area contributed by atoms with E-state index in [1.165, 1.54) is 66.2 Å². The molecule has 0 bridgehead atoms. The zero-order valence-corrected chi connectivity index (χ0v) is 22.8. The van der Waals surface area contributed by atoms with Crippen molar-refractivity contribution >= 4 is 17.4 Å². The van der Waals surface area contributed by atoms with Crippen LogP contribution < -0.4 is 5.32 Å². The Hall–Kier alpha value is -3.82. The third-order valence-electron chi connectivity index (χ3n) is 8.14. The number of nitrogens with one attached hydrogen (secondary N) is 1. The van der Waals surface area contributed by atoms with Crippen LogP contribution in [-0.2, 0) is 5.41 Å². The van der Waals surface area contributed by atoms with E-state index in [-0.39, 0.29) is 5.41 Å². The number of thioether (sulfide) groups is 1. The van der Waals surface area contributed by atoms with E-state index < -0.39 is 0 Å². The minimum Gasteiger partial charge on any atom is -0.372 e. The molecule has 1 unspecified atom stereocenters. The first-order chi connectivity index (χ1) is 18.6. The molecular formula is C35H30N2S. The molecular weight excluding hydrogens is 480 g/mol. The van der Waals surface area contributed by atoms with Crippen molar-refractivity contribution < 1.29 is 0 Å². The lowest BCUT2D eigenvalue weighted by atomic mass is 9.75. The number of anilines is 1. The average molecular weight is 511 g/mol. The van der Waals surface area contributed by atoms with Crippen molar-refractivity contribution in [1.82, 2.24) is 4.98 Å². The summed E-state index contributed by atoms with van der Waals surface area (Å²) in [5.41, 5.74) is 13.9. The highest BCUT2D eigenvalue weighted by molar-refractivity contribution is 8.00. The molecule has 1 atom stereocenters. The smallest absolute Gasteiger partial charge is 0.0767 e. The fourth-order valence-electron chi connectivity index (χ4n) is 6.30. The highest BCUT2D eigenvalue weighted by atomic mass is 32.2. The molecule has 5 aromatic rings. The SMILES string of the molecule is CCC1Nc2ccc3c(c2S1)C(C)(C)c1cnccc1-c1c(-c2ccccc2)ccc(-c2ccccc2)c1-3. The van der Waals surface area contributed by atoms with E-state index in [1.54, 1.807) is 0 Å². The largest absolute Gasteiger partial charge is 0.372 e. The van der Waals surface area contributed by atoms with Crippen LogP contribution in [0.2, 0.25) is 0 Å². The van der Waals surface area contributed by atoms with E-state index in [2.05, 4.69) is 128 Å². The molecule has 0 saturated heterocycles. The normalized spacial score (nSPS) is 16.4. The zero-order chi connectivity index (χ0) is 25.9. The Balaban J connectivity index is 1.68. The lowest BCUT2D eigenvalue weighted by molar-refractivity contribution is 0.631. The minimum absolute atomic E-state index is 0.234. The van der Waals surface area contributed by atoms with Crippen LogP contribution in [0.25, 0.3) is 44.5 Å². The van der Waals surface area contributed by atoms with Gasteiger partial charge in [0.05, 0.1) is 5.37 Å². The summed E-state index contributed by atoms with van der Waals surface area (Å²) >= 11 is 1.98. The average Bonchev–Trinajstić information content (AvgIpc) is 3.37. The second-order valence-electron chi connectivity index (χ2n) is 10.7. The highest BCUT2D eigenvalue weighted by Crippen LogP contribution is 2.58. The number of hydrogen-bond donors (Lipinski definition) is 1. The zero-order valence-electron chi connectivity index (χ0n) is 22.0. The number of pyridine rings is 1. The number of benzene rings is 4. The molecule has 38 heavy (non-hydrogen) atoms. The summed E-state index contributed by atoms with van der Waals surface area (Å²) in [6, 6.07) is 33.2. The summed E-state index contributed by atoms with van der Waals surface area (Å²) in [5, 5.41) is 4.17. The molecule has 186 valence electrons. The van der Waals surface area contributed by atoms with Gasteiger partial charge in [-0.2, -0.15) is 0 Å². The summed E-state index contributed by atoms with van der Waals surface area (Å²) in [6.07, 6.45) is 5.13. The Labute approximate surface area is 229 Å². The molecule has 0 spiro atoms. The first-order valence-electron chi connectivity index (χ1n) is 13.4. The highest BCUT2D eigenvalue weighted by Gasteiger charge is 2.40. The van der Waals surface area contributed by atoms with E-state index in [1.807, 2.05) is 18.0 Å². The van der Waals surface area contributed by atoms with Crippen LogP contribution in [0.3, 0.4) is 0 Å². The molecule has 3 heteroatoms. The number of hydrogen-bond acceptors (Lipinski definition) is 3. The van der Waals surface area contributed by atoms with Gasteiger partial charge in [-0.25, -0.2) is 0 Å². The van der Waals surface area contributed by atoms with Crippen molar-refractivity contribution in [3.63, 3.8) is 0 Å². The fraction of sp³-hybridized carbons (Fsp3) is 0.171. The van der Waals surface area contributed by atoms with Crippen LogP contribution in [0.4, 0.5) is 5.69 Å². The molecule has 0 fully saturated rings. The fourth-order valence-corrected chi connectivity index (χ4v) is 7.68. The topological polar surface area (TPSA) is 24.9 Å². The van der Waals surface area contributed by atoms with Crippen molar-refractivity contribution in [1.29, 1.82) is 0 Å². The molecule has 1 N–H and O–H groups in total. The van der Waals surface area contributed by atoms with Crippen molar-refractivity contribution in [2.24, 2.45) is 0 Å². The Kier molecular flexibility index (Phi) is 5.45. The Bertz CT molecular complexity index is 1670. The molecule has 2 heterocycles. The monoisotopic (exact) mass is 510 g/mol. The first-order valence-corrected chi connectivity index (χ1v) is 14.3. The number of rotatable bonds is 3. The maximum atomic E-state index is 4.67. The summed E-state index contributed by atoms with van der Waals surface area (Å²) in [5.74, 6) is 0. The number of aromatic nitrogens is 1. The maximum Gasteiger partial charge on any atom is 0.0767 e. The van der Waals surface area contributed by atoms with Gasteiger partial charge in [-0.3, -0.25) is 4.98 Å². The predicted molar refractivity (Wildman–Crippen MR) is 162 cm³/mol. The maximum absolute atomic E-state index is 4.67. The number of fused-ring (bicyclic) bond motifs is 7. The molecule has 2 nitrogen and oxygen atoms in total. The summed E-state index contributed by atoms with van der Waals surface area (Å²) in [7, 11) is 0. The van der Waals surface area contributed by atoms with Crippen LogP contribution in [0, 0.1) is 0 Å². The molecule has 2 aliphatic rings. The first kappa shape index (κ1) is 23.3. The van der Waals surface area contributed by atoms with Crippen LogP contribution in [0.5, 0.6) is 0 Å². The minimum atomic E-state index is -0.234. The molecule has 0 radical (unpaired) electrons. The summed E-state index contributed by atoms with van der Waals surface area (Å²) in [6.45, 7) is 7.01. The van der Waals surface area contributed by atoms with Crippen LogP contribution in [-0.4, -0.2) is 10.4 Å². The van der Waals surface area contributed by atoms with Crippen LogP contribution >= 0.6 is 11.8 Å². The van der Waals surface area contributed by atoms with Gasteiger partial charge in [-0.1, -0.05) is 111 Å². The van der Waals surface area contributed by atoms with Crippen LogP contribution in [0.15, 0.2) is 108 Å². The van der Waals surface area contributed by atoms with Gasteiger partial charge >= 0.3 is 0 Å². The van der Waals surface area contributed by atoms with Crippen molar-refractivity contribution in [3.05, 3.63) is 115 Å². The molecule has 1 aliphatic heterocycles. The number of nitrogens with zero attached hydrogens (tertiary/aromatic N) is 1. The quantitative estimate of drug-likeness (QED) is 0.261. The Morgan fingerprint density at radius 2 is 1.34 bits per heavy atom. The van der Waals surface area contributed by atoms with Gasteiger partial charge < -0.3 is 5.32 Å². The lowest BCUT2D eigenvalue weighted by Gasteiger charge is -2.29. The second kappa shape index (κ2) is 8.89. The molecule has 1 aromatic heterocycles. The van der Waals surface area contributed by atoms with Gasteiger partial charge in [0, 0.05) is 28.4 Å². The van der Waals surface area contributed by atoms with Crippen molar-refractivity contribution in [3.8, 4) is 44.5 Å². The van der Waals surface area contributed by atoms with Gasteiger partial charge in [0.2, 0.25) is 0 Å². The van der Waals surface area contributed by atoms with Gasteiger partial charge in [0.15, 0.2) is 0 Å². The third-order valence-corrected chi connectivity index (χ3v) is 9.53. The van der Waals surface area contributed by atoms with Crippen molar-refractivity contribution in [2.45, 2.75) is 42.9 Å². The molecule has 0 saturated carbocycles. The predicted octanol–water partition coefficient (Wildman–Crippen LogP) is 9.64. The van der Waals surface area contributed by atoms with Gasteiger partial charge in [0.1, 0.15) is 0 Å². The third kappa shape index (κ3) is 3.45. The van der Waals surface area contributed by atoms with Crippen LogP contribution in [0.1, 0.15) is 38.3 Å². The van der Waals surface area contributed by atoms with E-state index in [0.29, 0.717) is 5.37 Å². The van der Waals surface area contributed by atoms with E-state index >= 15 is 0 Å². The van der Waals surface area contributed by atoms with E-state index in [4.69, 9.17) is 0 Å². The molecule has 4 aromatic carbocycles. The molecule has 1 aliphatic carbocycles. The standard InChI is InChI=1S/C35H30N2S/c1-4-30-37-29-18-17-27-32-25(23-13-9-6-10-14-23)16-15-24(22-11-7-5-8-12-22)31(32)26-19-20-36-21-28(26)35(2,3)33(27)34(29)38-30/h5-21,30,37H,4H2,1-3H3. The van der Waals surface area contributed by atoms with Crippen molar-refractivity contribution in [2.75, 3.05) is 5.32 Å². The molecule has 0 amide bonds. The second-order valence-corrected chi connectivity index (χ2v) is 11.9. The lowest BCUT2D eigenvalue weighted by Crippen LogP contribution is -2.21. The van der Waals surface area contributed by atoms with Gasteiger partial charge in [-0.15, -0.1) is 0 Å². The van der Waals surface area contributed by atoms with E-state index in [0.717, 1.165) is 6.42 Å². The van der Waals surface area contributed by atoms with Gasteiger partial charge in [-0.05, 0) is 74.2 Å². The van der Waals surface area contributed by atoms with Gasteiger partial charge in [0.25, 0.3) is 0 Å². The summed E-state index contributed by atoms with van der Waals surface area (Å²) < 4.78 is 0. The Morgan fingerprint density at radius 3 is 1.97 bits per heavy atom. The summed E-state index contributed by atoms with van der Waals surface area (Å²) in [4.78, 5) is 6.05. The Morgan fingerprint density at radius 1 is 0.737 bits per heavy atom. The van der Waals surface area contributed by atoms with E-state index in [9.17, 15) is 0 Å².